The Kier molecular flexibility index (Phi) is 4.82. The zero-order valence-electron chi connectivity index (χ0n) is 5.68. The first-order valence-corrected chi connectivity index (χ1v) is 2.87. The first-order chi connectivity index (χ1) is 4.31. The summed E-state index contributed by atoms with van der Waals surface area (Å²) in [6.45, 7) is 4.24. The second kappa shape index (κ2) is 5.31. The third kappa shape index (κ3) is 5.03. The number of nitrogens with one attached hydrogen (secondary N) is 1. The maximum Gasteiger partial charge on any atom is 0.349 e. The summed E-state index contributed by atoms with van der Waals surface area (Å²) >= 11 is 0. The predicted molar refractivity (Wildman–Crippen MR) is 34.6 cm³/mol. The lowest BCUT2D eigenvalue weighted by atomic mass is 10.5. The van der Waals surface area contributed by atoms with E-state index in [4.69, 9.17) is 0 Å². The monoisotopic (exact) mass is 129 g/mol. The second-order valence-electron chi connectivity index (χ2n) is 1.42. The van der Waals surface area contributed by atoms with Gasteiger partial charge in [-0.1, -0.05) is 6.08 Å². The smallest absolute Gasteiger partial charge is 0.349 e. The van der Waals surface area contributed by atoms with Gasteiger partial charge in [0.2, 0.25) is 0 Å². The van der Waals surface area contributed by atoms with Crippen molar-refractivity contribution in [3.63, 3.8) is 0 Å². The van der Waals surface area contributed by atoms with Gasteiger partial charge in [0.15, 0.2) is 0 Å². The third-order valence-corrected chi connectivity index (χ3v) is 0.620. The molecule has 0 aliphatic heterocycles. The van der Waals surface area contributed by atoms with Crippen molar-refractivity contribution in [1.82, 2.24) is 5.48 Å². The highest BCUT2D eigenvalue weighted by atomic mass is 16.7. The van der Waals surface area contributed by atoms with E-state index in [0.717, 1.165) is 0 Å². The molecule has 0 radical (unpaired) electrons. The summed E-state index contributed by atoms with van der Waals surface area (Å²) in [5.41, 5.74) is 2.43. The topological polar surface area (TPSA) is 38.3 Å². The summed E-state index contributed by atoms with van der Waals surface area (Å²) in [7, 11) is 0. The quantitative estimate of drug-likeness (QED) is 0.448. The maximum atomic E-state index is 10.4. The molecule has 3 heteroatoms. The van der Waals surface area contributed by atoms with Gasteiger partial charge in [0, 0.05) is 12.6 Å². The van der Waals surface area contributed by atoms with Crippen LogP contribution in [0.3, 0.4) is 0 Å². The SMILES string of the molecule is C/C=C/C(=O)ONCC. The molecule has 0 aromatic heterocycles. The first kappa shape index (κ1) is 8.17. The fraction of sp³-hybridized carbons (Fsp3) is 0.500. The summed E-state index contributed by atoms with van der Waals surface area (Å²) in [5, 5.41) is 0. The number of rotatable bonds is 3. The zero-order valence-corrected chi connectivity index (χ0v) is 5.68. The average Bonchev–Trinajstić information content (AvgIpc) is 1.85. The highest BCUT2D eigenvalue weighted by Crippen LogP contribution is 1.75. The molecule has 0 saturated heterocycles. The number of hydrogen-bond acceptors (Lipinski definition) is 3. The predicted octanol–water partition coefficient (Wildman–Crippen LogP) is 0.630. The Hall–Kier alpha value is -0.830. The fourth-order valence-corrected chi connectivity index (χ4v) is 0.313. The molecule has 0 atom stereocenters. The molecule has 9 heavy (non-hydrogen) atoms. The summed E-state index contributed by atoms with van der Waals surface area (Å²) in [6, 6.07) is 0. The standard InChI is InChI=1S/C6H11NO2/c1-3-5-6(8)9-7-4-2/h3,5,7H,4H2,1-2H3/b5-3+. The van der Waals surface area contributed by atoms with Gasteiger partial charge in [0.25, 0.3) is 0 Å². The molecule has 1 N–H and O–H groups in total. The molecule has 0 spiro atoms. The van der Waals surface area contributed by atoms with Gasteiger partial charge in [-0.15, -0.1) is 0 Å². The minimum Gasteiger partial charge on any atom is -0.367 e. The van der Waals surface area contributed by atoms with Crippen LogP contribution >= 0.6 is 0 Å². The molecule has 0 saturated carbocycles. The molecule has 52 valence electrons. The third-order valence-electron chi connectivity index (χ3n) is 0.620. The summed E-state index contributed by atoms with van der Waals surface area (Å²) in [5.74, 6) is -0.362. The highest BCUT2D eigenvalue weighted by molar-refractivity contribution is 5.81. The normalized spacial score (nSPS) is 10.0. The molecule has 0 fully saturated rings. The largest absolute Gasteiger partial charge is 0.367 e. The molecule has 0 heterocycles. The molecule has 0 amide bonds. The van der Waals surface area contributed by atoms with Crippen molar-refractivity contribution in [2.24, 2.45) is 0 Å². The Morgan fingerprint density at radius 3 is 2.89 bits per heavy atom. The fourth-order valence-electron chi connectivity index (χ4n) is 0.313. The highest BCUT2D eigenvalue weighted by Gasteiger charge is 1.90. The van der Waals surface area contributed by atoms with E-state index in [-0.39, 0.29) is 5.97 Å². The Labute approximate surface area is 54.7 Å². The van der Waals surface area contributed by atoms with Gasteiger partial charge in [0.1, 0.15) is 0 Å². The van der Waals surface area contributed by atoms with Gasteiger partial charge in [-0.2, -0.15) is 5.48 Å². The van der Waals surface area contributed by atoms with Crippen molar-refractivity contribution >= 4 is 5.97 Å². The molecular weight excluding hydrogens is 118 g/mol. The molecule has 0 rings (SSSR count). The molecule has 0 aromatic carbocycles. The van der Waals surface area contributed by atoms with Crippen LogP contribution in [0.15, 0.2) is 12.2 Å². The molecule has 0 aliphatic carbocycles. The van der Waals surface area contributed by atoms with E-state index < -0.39 is 0 Å². The van der Waals surface area contributed by atoms with Crippen LogP contribution in [0.2, 0.25) is 0 Å². The van der Waals surface area contributed by atoms with E-state index >= 15 is 0 Å². The zero-order chi connectivity index (χ0) is 7.11. The minimum absolute atomic E-state index is 0.362. The molecule has 0 unspecified atom stereocenters. The van der Waals surface area contributed by atoms with Crippen molar-refractivity contribution < 1.29 is 9.63 Å². The Morgan fingerprint density at radius 2 is 2.44 bits per heavy atom. The maximum absolute atomic E-state index is 10.4. The van der Waals surface area contributed by atoms with Crippen LogP contribution in [0.25, 0.3) is 0 Å². The van der Waals surface area contributed by atoms with Crippen LogP contribution in [-0.4, -0.2) is 12.5 Å². The van der Waals surface area contributed by atoms with Crippen LogP contribution in [0.4, 0.5) is 0 Å². The van der Waals surface area contributed by atoms with Crippen LogP contribution in [0, 0.1) is 0 Å². The van der Waals surface area contributed by atoms with Gasteiger partial charge in [-0.25, -0.2) is 4.79 Å². The van der Waals surface area contributed by atoms with Crippen molar-refractivity contribution in [2.75, 3.05) is 6.54 Å². The lowest BCUT2D eigenvalue weighted by Gasteiger charge is -1.96. The number of allylic oxidation sites excluding steroid dienone is 1. The minimum atomic E-state index is -0.362. The van der Waals surface area contributed by atoms with E-state index in [1.54, 1.807) is 13.0 Å². The van der Waals surface area contributed by atoms with Gasteiger partial charge < -0.3 is 4.84 Å². The molecule has 0 bridgehead atoms. The van der Waals surface area contributed by atoms with Crippen molar-refractivity contribution in [3.8, 4) is 0 Å². The Morgan fingerprint density at radius 1 is 1.78 bits per heavy atom. The first-order valence-electron chi connectivity index (χ1n) is 2.87. The summed E-state index contributed by atoms with van der Waals surface area (Å²) in [4.78, 5) is 14.9. The lowest BCUT2D eigenvalue weighted by Crippen LogP contribution is -2.17. The van der Waals surface area contributed by atoms with E-state index in [0.29, 0.717) is 6.54 Å². The van der Waals surface area contributed by atoms with E-state index in [1.807, 2.05) is 6.92 Å². The number of carbonyl (C=O) groups is 1. The van der Waals surface area contributed by atoms with E-state index in [9.17, 15) is 4.79 Å². The Bertz CT molecular complexity index is 110. The molecule has 0 aromatic rings. The number of hydroxylamine groups is 1. The van der Waals surface area contributed by atoms with Crippen molar-refractivity contribution in [1.29, 1.82) is 0 Å². The van der Waals surface area contributed by atoms with Gasteiger partial charge >= 0.3 is 5.97 Å². The van der Waals surface area contributed by atoms with Gasteiger partial charge in [-0.3, -0.25) is 0 Å². The molecule has 3 nitrogen and oxygen atoms in total. The van der Waals surface area contributed by atoms with E-state index in [2.05, 4.69) is 10.3 Å². The Balaban J connectivity index is 3.27. The van der Waals surface area contributed by atoms with Crippen molar-refractivity contribution in [2.45, 2.75) is 13.8 Å². The number of carbonyl (C=O) groups excluding carboxylic acids is 1. The van der Waals surface area contributed by atoms with Crippen LogP contribution in [0.1, 0.15) is 13.8 Å². The second-order valence-corrected chi connectivity index (χ2v) is 1.42. The average molecular weight is 129 g/mol. The van der Waals surface area contributed by atoms with Crippen LogP contribution in [0.5, 0.6) is 0 Å². The van der Waals surface area contributed by atoms with Gasteiger partial charge in [-0.05, 0) is 13.8 Å². The molecular formula is C6H11NO2. The van der Waals surface area contributed by atoms with Gasteiger partial charge in [0.05, 0.1) is 0 Å². The van der Waals surface area contributed by atoms with Crippen LogP contribution < -0.4 is 5.48 Å². The molecule has 0 aliphatic rings. The van der Waals surface area contributed by atoms with E-state index in [1.165, 1.54) is 6.08 Å². The summed E-state index contributed by atoms with van der Waals surface area (Å²) in [6.07, 6.45) is 2.97. The number of hydrogen-bond donors (Lipinski definition) is 1. The lowest BCUT2D eigenvalue weighted by molar-refractivity contribution is -0.144. The summed E-state index contributed by atoms with van der Waals surface area (Å²) < 4.78 is 0. The van der Waals surface area contributed by atoms with Crippen LogP contribution in [-0.2, 0) is 9.63 Å². The van der Waals surface area contributed by atoms with Crippen molar-refractivity contribution in [3.05, 3.63) is 12.2 Å².